The van der Waals surface area contributed by atoms with Crippen LogP contribution in [-0.4, -0.2) is 13.1 Å². The van der Waals surface area contributed by atoms with Gasteiger partial charge in [0.2, 0.25) is 0 Å². The zero-order valence-electron chi connectivity index (χ0n) is 12.5. The monoisotopic (exact) mass is 259 g/mol. The van der Waals surface area contributed by atoms with Crippen molar-refractivity contribution >= 4 is 11.0 Å². The van der Waals surface area contributed by atoms with Crippen LogP contribution >= 0.6 is 0 Å². The van der Waals surface area contributed by atoms with Crippen molar-refractivity contribution in [1.82, 2.24) is 5.32 Å². The van der Waals surface area contributed by atoms with Crippen LogP contribution in [-0.2, 0) is 6.42 Å². The van der Waals surface area contributed by atoms with Gasteiger partial charge in [-0.2, -0.15) is 0 Å². The lowest BCUT2D eigenvalue weighted by molar-refractivity contribution is 0.551. The number of para-hydroxylation sites is 1. The third-order valence-electron chi connectivity index (χ3n) is 3.46. The highest BCUT2D eigenvalue weighted by atomic mass is 16.3. The summed E-state index contributed by atoms with van der Waals surface area (Å²) in [6.45, 7) is 11.0. The standard InChI is InChI=1S/C17H25NO/c1-12(2)10-18-9-8-14-11-19-17-15(13(3)4)6-5-7-16(14)17/h5-7,11-13,18H,8-10H2,1-4H3. The summed E-state index contributed by atoms with van der Waals surface area (Å²) < 4.78 is 5.79. The second kappa shape index (κ2) is 6.25. The van der Waals surface area contributed by atoms with Gasteiger partial charge < -0.3 is 9.73 Å². The molecule has 2 rings (SSSR count). The molecule has 1 N–H and O–H groups in total. The first-order valence-electron chi connectivity index (χ1n) is 7.29. The predicted octanol–water partition coefficient (Wildman–Crippen LogP) is 4.34. The first-order valence-corrected chi connectivity index (χ1v) is 7.29. The average molecular weight is 259 g/mol. The lowest BCUT2D eigenvalue weighted by atomic mass is 9.99. The normalized spacial score (nSPS) is 11.9. The van der Waals surface area contributed by atoms with Gasteiger partial charge in [-0.1, -0.05) is 45.9 Å². The minimum Gasteiger partial charge on any atom is -0.464 e. The average Bonchev–Trinajstić information content (AvgIpc) is 2.77. The molecule has 19 heavy (non-hydrogen) atoms. The van der Waals surface area contributed by atoms with Crippen molar-refractivity contribution in [2.75, 3.05) is 13.1 Å². The van der Waals surface area contributed by atoms with Crippen LogP contribution in [0.5, 0.6) is 0 Å². The van der Waals surface area contributed by atoms with Gasteiger partial charge in [0.1, 0.15) is 5.58 Å². The summed E-state index contributed by atoms with van der Waals surface area (Å²) in [6.07, 6.45) is 2.95. The van der Waals surface area contributed by atoms with Crippen molar-refractivity contribution < 1.29 is 4.42 Å². The van der Waals surface area contributed by atoms with E-state index < -0.39 is 0 Å². The molecule has 0 saturated heterocycles. The molecular weight excluding hydrogens is 234 g/mol. The number of hydrogen-bond acceptors (Lipinski definition) is 2. The third kappa shape index (κ3) is 3.38. The smallest absolute Gasteiger partial charge is 0.137 e. The molecule has 104 valence electrons. The minimum atomic E-state index is 0.502. The Hall–Kier alpha value is -1.28. The molecular formula is C17H25NO. The Kier molecular flexibility index (Phi) is 4.65. The Morgan fingerprint density at radius 2 is 1.95 bits per heavy atom. The fourth-order valence-corrected chi connectivity index (χ4v) is 2.39. The van der Waals surface area contributed by atoms with Gasteiger partial charge >= 0.3 is 0 Å². The second-order valence-electron chi connectivity index (χ2n) is 5.99. The van der Waals surface area contributed by atoms with Gasteiger partial charge in [-0.3, -0.25) is 0 Å². The molecule has 0 fully saturated rings. The minimum absolute atomic E-state index is 0.502. The zero-order chi connectivity index (χ0) is 13.8. The molecule has 2 nitrogen and oxygen atoms in total. The molecule has 1 aromatic carbocycles. The molecule has 0 unspecified atom stereocenters. The number of nitrogens with one attached hydrogen (secondary N) is 1. The van der Waals surface area contributed by atoms with Crippen LogP contribution in [0.15, 0.2) is 28.9 Å². The lowest BCUT2D eigenvalue weighted by Gasteiger charge is -2.07. The van der Waals surface area contributed by atoms with Crippen LogP contribution in [0, 0.1) is 5.92 Å². The van der Waals surface area contributed by atoms with Crippen LogP contribution in [0.3, 0.4) is 0 Å². The second-order valence-corrected chi connectivity index (χ2v) is 5.99. The van der Waals surface area contributed by atoms with E-state index in [9.17, 15) is 0 Å². The van der Waals surface area contributed by atoms with Gasteiger partial charge in [0, 0.05) is 5.39 Å². The van der Waals surface area contributed by atoms with Crippen molar-refractivity contribution in [1.29, 1.82) is 0 Å². The molecule has 0 amide bonds. The Labute approximate surface area is 116 Å². The maximum Gasteiger partial charge on any atom is 0.137 e. The van der Waals surface area contributed by atoms with E-state index in [0.29, 0.717) is 11.8 Å². The number of benzene rings is 1. The molecule has 0 radical (unpaired) electrons. The van der Waals surface area contributed by atoms with E-state index in [0.717, 1.165) is 25.1 Å². The first kappa shape index (κ1) is 14.1. The Balaban J connectivity index is 2.10. The van der Waals surface area contributed by atoms with E-state index in [1.807, 2.05) is 6.26 Å². The van der Waals surface area contributed by atoms with E-state index in [4.69, 9.17) is 4.42 Å². The summed E-state index contributed by atoms with van der Waals surface area (Å²) in [5.41, 5.74) is 3.68. The molecule has 2 aromatic rings. The molecule has 1 aromatic heterocycles. The number of rotatable bonds is 6. The molecule has 0 saturated carbocycles. The number of hydrogen-bond donors (Lipinski definition) is 1. The summed E-state index contributed by atoms with van der Waals surface area (Å²) in [5, 5.41) is 4.76. The molecule has 0 aliphatic rings. The summed E-state index contributed by atoms with van der Waals surface area (Å²) >= 11 is 0. The quantitative estimate of drug-likeness (QED) is 0.780. The molecule has 2 heteroatoms. The maximum absolute atomic E-state index is 5.79. The number of furan rings is 1. The van der Waals surface area contributed by atoms with Gasteiger partial charge in [-0.15, -0.1) is 0 Å². The Bertz CT molecular complexity index is 525. The fourth-order valence-electron chi connectivity index (χ4n) is 2.39. The summed E-state index contributed by atoms with van der Waals surface area (Å²) in [7, 11) is 0. The third-order valence-corrected chi connectivity index (χ3v) is 3.46. The van der Waals surface area contributed by atoms with Crippen molar-refractivity contribution in [2.24, 2.45) is 5.92 Å². The molecule has 0 aliphatic carbocycles. The van der Waals surface area contributed by atoms with Gasteiger partial charge in [-0.25, -0.2) is 0 Å². The molecule has 0 bridgehead atoms. The Morgan fingerprint density at radius 3 is 2.63 bits per heavy atom. The molecule has 0 spiro atoms. The molecule has 0 atom stereocenters. The highest BCUT2D eigenvalue weighted by molar-refractivity contribution is 5.84. The van der Waals surface area contributed by atoms with Crippen LogP contribution in [0.2, 0.25) is 0 Å². The fraction of sp³-hybridized carbons (Fsp3) is 0.529. The van der Waals surface area contributed by atoms with E-state index >= 15 is 0 Å². The van der Waals surface area contributed by atoms with E-state index in [1.165, 1.54) is 16.5 Å². The van der Waals surface area contributed by atoms with Gasteiger partial charge in [0.15, 0.2) is 0 Å². The topological polar surface area (TPSA) is 25.2 Å². The van der Waals surface area contributed by atoms with Crippen molar-refractivity contribution in [3.8, 4) is 0 Å². The maximum atomic E-state index is 5.79. The molecule has 0 aliphatic heterocycles. The Morgan fingerprint density at radius 1 is 1.16 bits per heavy atom. The van der Waals surface area contributed by atoms with Gasteiger partial charge in [-0.05, 0) is 42.5 Å². The van der Waals surface area contributed by atoms with E-state index in [2.05, 4.69) is 51.2 Å². The largest absolute Gasteiger partial charge is 0.464 e. The highest BCUT2D eigenvalue weighted by Crippen LogP contribution is 2.29. The number of fused-ring (bicyclic) bond motifs is 1. The van der Waals surface area contributed by atoms with Crippen LogP contribution < -0.4 is 5.32 Å². The van der Waals surface area contributed by atoms with Crippen LogP contribution in [0.1, 0.15) is 44.7 Å². The summed E-state index contributed by atoms with van der Waals surface area (Å²) in [4.78, 5) is 0. The highest BCUT2D eigenvalue weighted by Gasteiger charge is 2.11. The lowest BCUT2D eigenvalue weighted by Crippen LogP contribution is -2.21. The van der Waals surface area contributed by atoms with Crippen molar-refractivity contribution in [3.05, 3.63) is 35.6 Å². The van der Waals surface area contributed by atoms with Crippen molar-refractivity contribution in [3.63, 3.8) is 0 Å². The summed E-state index contributed by atoms with van der Waals surface area (Å²) in [5.74, 6) is 1.20. The SMILES string of the molecule is CC(C)CNCCc1coc2c(C(C)C)cccc12. The summed E-state index contributed by atoms with van der Waals surface area (Å²) in [6, 6.07) is 6.47. The van der Waals surface area contributed by atoms with Gasteiger partial charge in [0.05, 0.1) is 6.26 Å². The van der Waals surface area contributed by atoms with E-state index in [-0.39, 0.29) is 0 Å². The van der Waals surface area contributed by atoms with E-state index in [1.54, 1.807) is 0 Å². The molecule has 1 heterocycles. The van der Waals surface area contributed by atoms with Crippen LogP contribution in [0.25, 0.3) is 11.0 Å². The van der Waals surface area contributed by atoms with Crippen LogP contribution in [0.4, 0.5) is 0 Å². The van der Waals surface area contributed by atoms with Gasteiger partial charge in [0.25, 0.3) is 0 Å². The zero-order valence-corrected chi connectivity index (χ0v) is 12.5. The van der Waals surface area contributed by atoms with Crippen molar-refractivity contribution in [2.45, 2.75) is 40.0 Å². The predicted molar refractivity (Wildman–Crippen MR) is 81.7 cm³/mol. The first-order chi connectivity index (χ1) is 9.09.